The standard InChI is InChI=1S/C17H16ClNOS/c18-16-8-6-14(7-9-16)13-21-11-3-10-20-17-5-2-1-4-15(17)12-19/h1-2,4-9H,3,10-11,13H2. The van der Waals surface area contributed by atoms with Gasteiger partial charge in [-0.05, 0) is 42.0 Å². The molecule has 2 aromatic carbocycles. The molecule has 0 aliphatic carbocycles. The van der Waals surface area contributed by atoms with E-state index < -0.39 is 0 Å². The number of hydrogen-bond donors (Lipinski definition) is 0. The van der Waals surface area contributed by atoms with Gasteiger partial charge in [0.2, 0.25) is 0 Å². The van der Waals surface area contributed by atoms with Crippen LogP contribution in [-0.2, 0) is 5.75 Å². The van der Waals surface area contributed by atoms with Crippen LogP contribution in [-0.4, -0.2) is 12.4 Å². The Morgan fingerprint density at radius 3 is 2.62 bits per heavy atom. The van der Waals surface area contributed by atoms with E-state index in [9.17, 15) is 0 Å². The van der Waals surface area contributed by atoms with Gasteiger partial charge in [0.1, 0.15) is 11.8 Å². The largest absolute Gasteiger partial charge is 0.492 e. The van der Waals surface area contributed by atoms with Crippen molar-refractivity contribution >= 4 is 23.4 Å². The third-order valence-electron chi connectivity index (χ3n) is 2.88. The maximum Gasteiger partial charge on any atom is 0.137 e. The van der Waals surface area contributed by atoms with Gasteiger partial charge in [-0.15, -0.1) is 0 Å². The summed E-state index contributed by atoms with van der Waals surface area (Å²) < 4.78 is 5.64. The first kappa shape index (κ1) is 15.8. The summed E-state index contributed by atoms with van der Waals surface area (Å²) in [6, 6.07) is 17.4. The fraction of sp³-hybridized carbons (Fsp3) is 0.235. The van der Waals surface area contributed by atoms with E-state index in [4.69, 9.17) is 21.6 Å². The van der Waals surface area contributed by atoms with Crippen LogP contribution in [0.5, 0.6) is 5.75 Å². The van der Waals surface area contributed by atoms with Gasteiger partial charge < -0.3 is 4.74 Å². The Morgan fingerprint density at radius 2 is 1.86 bits per heavy atom. The molecule has 0 saturated carbocycles. The number of hydrogen-bond acceptors (Lipinski definition) is 3. The predicted octanol–water partition coefficient (Wildman–Crippen LogP) is 4.91. The minimum atomic E-state index is 0.589. The number of benzene rings is 2. The lowest BCUT2D eigenvalue weighted by molar-refractivity contribution is 0.318. The molecule has 2 aromatic rings. The van der Waals surface area contributed by atoms with Crippen molar-refractivity contribution < 1.29 is 4.74 Å². The number of halogens is 1. The molecular weight excluding hydrogens is 302 g/mol. The molecule has 0 saturated heterocycles. The molecule has 0 aromatic heterocycles. The van der Waals surface area contributed by atoms with E-state index in [2.05, 4.69) is 18.2 Å². The maximum atomic E-state index is 8.96. The smallest absolute Gasteiger partial charge is 0.137 e. The van der Waals surface area contributed by atoms with Gasteiger partial charge in [-0.1, -0.05) is 35.9 Å². The Hall–Kier alpha value is -1.63. The number of thioether (sulfide) groups is 1. The molecule has 0 amide bonds. The first-order valence-electron chi connectivity index (χ1n) is 6.74. The molecule has 21 heavy (non-hydrogen) atoms. The first-order chi connectivity index (χ1) is 10.3. The molecule has 0 aliphatic heterocycles. The highest BCUT2D eigenvalue weighted by Crippen LogP contribution is 2.18. The number of para-hydroxylation sites is 1. The normalized spacial score (nSPS) is 10.1. The molecule has 0 fully saturated rings. The highest BCUT2D eigenvalue weighted by Gasteiger charge is 2.01. The predicted molar refractivity (Wildman–Crippen MR) is 88.9 cm³/mol. The molecule has 0 radical (unpaired) electrons. The average molecular weight is 318 g/mol. The molecule has 108 valence electrons. The minimum absolute atomic E-state index is 0.589. The molecule has 0 bridgehead atoms. The van der Waals surface area contributed by atoms with Crippen molar-refractivity contribution in [2.24, 2.45) is 0 Å². The van der Waals surface area contributed by atoms with Crippen molar-refractivity contribution in [3.8, 4) is 11.8 Å². The molecule has 0 N–H and O–H groups in total. The third kappa shape index (κ3) is 5.34. The van der Waals surface area contributed by atoms with Gasteiger partial charge in [-0.3, -0.25) is 0 Å². The monoisotopic (exact) mass is 317 g/mol. The van der Waals surface area contributed by atoms with E-state index in [1.807, 2.05) is 42.1 Å². The number of ether oxygens (including phenoxy) is 1. The summed E-state index contributed by atoms with van der Waals surface area (Å²) in [4.78, 5) is 0. The van der Waals surface area contributed by atoms with Crippen LogP contribution in [0.4, 0.5) is 0 Å². The van der Waals surface area contributed by atoms with Crippen LogP contribution in [0.2, 0.25) is 5.02 Å². The van der Waals surface area contributed by atoms with Gasteiger partial charge in [0.05, 0.1) is 12.2 Å². The van der Waals surface area contributed by atoms with Crippen LogP contribution in [0, 0.1) is 11.3 Å². The quantitative estimate of drug-likeness (QED) is 0.680. The fourth-order valence-electron chi connectivity index (χ4n) is 1.80. The summed E-state index contributed by atoms with van der Waals surface area (Å²) in [7, 11) is 0. The second-order valence-corrected chi connectivity index (χ2v) is 6.03. The van der Waals surface area contributed by atoms with Crippen molar-refractivity contribution in [1.82, 2.24) is 0 Å². The molecule has 0 aliphatic rings. The van der Waals surface area contributed by atoms with Gasteiger partial charge >= 0.3 is 0 Å². The fourth-order valence-corrected chi connectivity index (χ4v) is 2.82. The van der Waals surface area contributed by atoms with Gasteiger partial charge in [-0.2, -0.15) is 17.0 Å². The lowest BCUT2D eigenvalue weighted by Gasteiger charge is -2.07. The molecule has 2 nitrogen and oxygen atoms in total. The van der Waals surface area contributed by atoms with E-state index in [0.29, 0.717) is 17.9 Å². The van der Waals surface area contributed by atoms with Crippen molar-refractivity contribution in [3.63, 3.8) is 0 Å². The van der Waals surface area contributed by atoms with E-state index in [1.165, 1.54) is 5.56 Å². The number of nitriles is 1. The second kappa shape index (κ2) is 8.61. The van der Waals surface area contributed by atoms with Crippen LogP contribution in [0.1, 0.15) is 17.5 Å². The van der Waals surface area contributed by atoms with Crippen molar-refractivity contribution in [2.75, 3.05) is 12.4 Å². The van der Waals surface area contributed by atoms with E-state index >= 15 is 0 Å². The van der Waals surface area contributed by atoms with Crippen molar-refractivity contribution in [3.05, 3.63) is 64.7 Å². The summed E-state index contributed by atoms with van der Waals surface area (Å²) in [5, 5.41) is 9.73. The first-order valence-corrected chi connectivity index (χ1v) is 8.27. The van der Waals surface area contributed by atoms with Crippen LogP contribution < -0.4 is 4.74 Å². The minimum Gasteiger partial charge on any atom is -0.492 e. The van der Waals surface area contributed by atoms with Gasteiger partial charge in [0.15, 0.2) is 0 Å². The van der Waals surface area contributed by atoms with E-state index in [-0.39, 0.29) is 0 Å². The Balaban J connectivity index is 1.64. The average Bonchev–Trinajstić information content (AvgIpc) is 2.53. The Bertz CT molecular complexity index is 607. The molecular formula is C17H16ClNOS. The van der Waals surface area contributed by atoms with E-state index in [0.717, 1.165) is 22.9 Å². The zero-order chi connectivity index (χ0) is 14.9. The summed E-state index contributed by atoms with van der Waals surface area (Å²) in [5.41, 5.74) is 1.87. The van der Waals surface area contributed by atoms with Crippen molar-refractivity contribution in [2.45, 2.75) is 12.2 Å². The Morgan fingerprint density at radius 1 is 1.10 bits per heavy atom. The lowest BCUT2D eigenvalue weighted by atomic mass is 10.2. The molecule has 0 atom stereocenters. The van der Waals surface area contributed by atoms with Crippen molar-refractivity contribution in [1.29, 1.82) is 5.26 Å². The molecule has 2 rings (SSSR count). The molecule has 4 heteroatoms. The maximum absolute atomic E-state index is 8.96. The molecule has 0 heterocycles. The topological polar surface area (TPSA) is 33.0 Å². The lowest BCUT2D eigenvalue weighted by Crippen LogP contribution is -2.00. The highest BCUT2D eigenvalue weighted by atomic mass is 35.5. The number of nitrogens with zero attached hydrogens (tertiary/aromatic N) is 1. The van der Waals surface area contributed by atoms with E-state index in [1.54, 1.807) is 6.07 Å². The van der Waals surface area contributed by atoms with Crippen LogP contribution in [0.15, 0.2) is 48.5 Å². The van der Waals surface area contributed by atoms with Gasteiger partial charge in [0.25, 0.3) is 0 Å². The zero-order valence-electron chi connectivity index (χ0n) is 11.6. The van der Waals surface area contributed by atoms with Gasteiger partial charge in [0, 0.05) is 10.8 Å². The zero-order valence-corrected chi connectivity index (χ0v) is 13.2. The molecule has 0 spiro atoms. The van der Waals surface area contributed by atoms with Crippen LogP contribution in [0.25, 0.3) is 0 Å². The summed E-state index contributed by atoms with van der Waals surface area (Å²) in [6.45, 7) is 0.631. The molecule has 0 unspecified atom stereocenters. The Kier molecular flexibility index (Phi) is 6.46. The second-order valence-electron chi connectivity index (χ2n) is 4.49. The SMILES string of the molecule is N#Cc1ccccc1OCCCSCc1ccc(Cl)cc1. The van der Waals surface area contributed by atoms with Crippen LogP contribution in [0.3, 0.4) is 0 Å². The highest BCUT2D eigenvalue weighted by molar-refractivity contribution is 7.98. The summed E-state index contributed by atoms with van der Waals surface area (Å²) in [5.74, 6) is 2.67. The van der Waals surface area contributed by atoms with Crippen LogP contribution >= 0.6 is 23.4 Å². The third-order valence-corrected chi connectivity index (χ3v) is 4.25. The Labute approximate surface area is 134 Å². The summed E-state index contributed by atoms with van der Waals surface area (Å²) in [6.07, 6.45) is 0.956. The van der Waals surface area contributed by atoms with Gasteiger partial charge in [-0.25, -0.2) is 0 Å². The summed E-state index contributed by atoms with van der Waals surface area (Å²) >= 11 is 7.72. The number of rotatable bonds is 7.